The fraction of sp³-hybridized carbons (Fsp3) is 0.714. The molecule has 0 radical (unpaired) electrons. The van der Waals surface area contributed by atoms with Crippen molar-refractivity contribution in [1.29, 1.82) is 0 Å². The molecule has 0 N–H and O–H groups in total. The lowest BCUT2D eigenvalue weighted by Gasteiger charge is -2.38. The highest BCUT2D eigenvalue weighted by Crippen LogP contribution is 2.44. The second-order valence-electron chi connectivity index (χ2n) is 7.51. The Labute approximate surface area is 155 Å². The Morgan fingerprint density at radius 1 is 1.00 bits per heavy atom. The summed E-state index contributed by atoms with van der Waals surface area (Å²) < 4.78 is 16.3. The summed E-state index contributed by atoms with van der Waals surface area (Å²) in [6, 6.07) is 0. The van der Waals surface area contributed by atoms with Gasteiger partial charge in [0.15, 0.2) is 0 Å². The van der Waals surface area contributed by atoms with Crippen molar-refractivity contribution in [1.82, 2.24) is 0 Å². The first-order chi connectivity index (χ1) is 12.7. The van der Waals surface area contributed by atoms with Crippen LogP contribution in [0.2, 0.25) is 0 Å². The van der Waals surface area contributed by atoms with Crippen molar-refractivity contribution in [2.45, 2.75) is 71.0 Å². The minimum absolute atomic E-state index is 0.0800. The van der Waals surface area contributed by atoms with Crippen LogP contribution in [0.4, 0.5) is 0 Å². The maximum Gasteiger partial charge on any atom is 0.316 e. The summed E-state index contributed by atoms with van der Waals surface area (Å²) in [7, 11) is 0. The number of carbonyl (C=O) groups excluding carboxylic acids is 2. The standard InChI is InChI=1S/C21H30O5/c1-2-3-4-5-6-7-8-9-10-19(22)24-14-15-13-18-16-11-12-17(18)21(25-15)26-20(16)23/h11-13,16-18,21H,2-10,14H2,1H3/t16-,17+,18-,21+/m1/s1. The Hall–Kier alpha value is -1.78. The number of hydrogen-bond donors (Lipinski definition) is 0. The second kappa shape index (κ2) is 9.24. The lowest BCUT2D eigenvalue weighted by molar-refractivity contribution is -0.205. The van der Waals surface area contributed by atoms with E-state index in [1.165, 1.54) is 38.5 Å². The fourth-order valence-electron chi connectivity index (χ4n) is 3.95. The summed E-state index contributed by atoms with van der Waals surface area (Å²) >= 11 is 0. The molecule has 0 aromatic heterocycles. The third kappa shape index (κ3) is 4.68. The number of esters is 2. The lowest BCUT2D eigenvalue weighted by atomic mass is 9.83. The Morgan fingerprint density at radius 2 is 1.73 bits per heavy atom. The Balaban J connectivity index is 1.30. The van der Waals surface area contributed by atoms with Gasteiger partial charge in [-0.25, -0.2) is 0 Å². The van der Waals surface area contributed by atoms with E-state index in [9.17, 15) is 9.59 Å². The van der Waals surface area contributed by atoms with Gasteiger partial charge >= 0.3 is 11.9 Å². The Kier molecular flexibility index (Phi) is 6.75. The highest BCUT2D eigenvalue weighted by molar-refractivity contribution is 5.77. The van der Waals surface area contributed by atoms with E-state index in [0.717, 1.165) is 12.8 Å². The quantitative estimate of drug-likeness (QED) is 0.312. The zero-order valence-electron chi connectivity index (χ0n) is 15.7. The van der Waals surface area contributed by atoms with Crippen LogP contribution < -0.4 is 0 Å². The van der Waals surface area contributed by atoms with Gasteiger partial charge in [-0.1, -0.05) is 64.0 Å². The van der Waals surface area contributed by atoms with Gasteiger partial charge in [0.25, 0.3) is 6.29 Å². The molecule has 0 amide bonds. The van der Waals surface area contributed by atoms with Crippen LogP contribution in [0.15, 0.2) is 24.0 Å². The topological polar surface area (TPSA) is 61.8 Å². The van der Waals surface area contributed by atoms with Crippen LogP contribution in [0.5, 0.6) is 0 Å². The maximum absolute atomic E-state index is 11.9. The Morgan fingerprint density at radius 3 is 2.50 bits per heavy atom. The molecular formula is C21H30O5. The molecule has 1 aliphatic carbocycles. The molecule has 3 rings (SSSR count). The molecule has 5 heteroatoms. The zero-order valence-corrected chi connectivity index (χ0v) is 15.7. The molecule has 0 spiro atoms. The molecule has 1 saturated heterocycles. The van der Waals surface area contributed by atoms with Crippen LogP contribution in [0, 0.1) is 17.8 Å². The molecule has 3 aliphatic rings. The normalized spacial score (nSPS) is 28.3. The van der Waals surface area contributed by atoms with Gasteiger partial charge in [-0.3, -0.25) is 9.59 Å². The molecule has 2 heterocycles. The van der Waals surface area contributed by atoms with Crippen molar-refractivity contribution in [2.75, 3.05) is 6.61 Å². The van der Waals surface area contributed by atoms with Crippen LogP contribution in [0.25, 0.3) is 0 Å². The van der Waals surface area contributed by atoms with E-state index in [-0.39, 0.29) is 36.3 Å². The van der Waals surface area contributed by atoms with Crippen molar-refractivity contribution >= 4 is 11.9 Å². The lowest BCUT2D eigenvalue weighted by Crippen LogP contribution is -2.44. The van der Waals surface area contributed by atoms with Crippen molar-refractivity contribution in [3.63, 3.8) is 0 Å². The SMILES string of the molecule is CCCCCCCCCCC(=O)OCC1=C[C@H]2[C@@H]3C=C[C@H]2C(=O)O[C@@H]3O1. The minimum atomic E-state index is -0.575. The zero-order chi connectivity index (χ0) is 18.4. The van der Waals surface area contributed by atoms with Gasteiger partial charge < -0.3 is 14.2 Å². The van der Waals surface area contributed by atoms with Crippen molar-refractivity contribution in [3.05, 3.63) is 24.0 Å². The predicted molar refractivity (Wildman–Crippen MR) is 96.8 cm³/mol. The predicted octanol–water partition coefficient (Wildman–Crippen LogP) is 4.28. The van der Waals surface area contributed by atoms with E-state index in [0.29, 0.717) is 12.2 Å². The van der Waals surface area contributed by atoms with Gasteiger partial charge in [-0.15, -0.1) is 0 Å². The van der Waals surface area contributed by atoms with Crippen LogP contribution in [-0.4, -0.2) is 24.8 Å². The maximum atomic E-state index is 11.9. The number of hydrogen-bond acceptors (Lipinski definition) is 5. The van der Waals surface area contributed by atoms with Crippen LogP contribution >= 0.6 is 0 Å². The van der Waals surface area contributed by atoms with Crippen molar-refractivity contribution in [2.24, 2.45) is 17.8 Å². The number of carbonyl (C=O) groups is 2. The van der Waals surface area contributed by atoms with Crippen molar-refractivity contribution in [3.8, 4) is 0 Å². The van der Waals surface area contributed by atoms with Crippen LogP contribution in [0.3, 0.4) is 0 Å². The number of ether oxygens (including phenoxy) is 3. The van der Waals surface area contributed by atoms with E-state index in [4.69, 9.17) is 14.2 Å². The molecule has 26 heavy (non-hydrogen) atoms. The van der Waals surface area contributed by atoms with Gasteiger partial charge in [-0.05, 0) is 12.5 Å². The first-order valence-electron chi connectivity index (χ1n) is 10.1. The smallest absolute Gasteiger partial charge is 0.316 e. The molecule has 1 fully saturated rings. The molecule has 4 atom stereocenters. The third-order valence-corrected chi connectivity index (χ3v) is 5.47. The molecular weight excluding hydrogens is 332 g/mol. The molecule has 0 aromatic carbocycles. The first-order valence-corrected chi connectivity index (χ1v) is 10.1. The third-order valence-electron chi connectivity index (χ3n) is 5.47. The van der Waals surface area contributed by atoms with Crippen molar-refractivity contribution < 1.29 is 23.8 Å². The number of rotatable bonds is 11. The molecule has 0 unspecified atom stereocenters. The first kappa shape index (κ1) is 19.0. The van der Waals surface area contributed by atoms with Gasteiger partial charge in [0.05, 0.1) is 11.8 Å². The summed E-state index contributed by atoms with van der Waals surface area (Å²) in [4.78, 5) is 23.7. The van der Waals surface area contributed by atoms with Gasteiger partial charge in [0.1, 0.15) is 12.4 Å². The fourth-order valence-corrected chi connectivity index (χ4v) is 3.95. The van der Waals surface area contributed by atoms with Crippen LogP contribution in [-0.2, 0) is 23.8 Å². The summed E-state index contributed by atoms with van der Waals surface area (Å²) in [5.41, 5.74) is 0. The summed E-state index contributed by atoms with van der Waals surface area (Å²) in [6.07, 6.45) is 15.3. The molecule has 2 aliphatic heterocycles. The number of unbranched alkanes of at least 4 members (excludes halogenated alkanes) is 7. The van der Waals surface area contributed by atoms with E-state index in [1.54, 1.807) is 0 Å². The summed E-state index contributed by atoms with van der Waals surface area (Å²) in [5, 5.41) is 0. The van der Waals surface area contributed by atoms with E-state index in [2.05, 4.69) is 6.92 Å². The molecule has 144 valence electrons. The highest BCUT2D eigenvalue weighted by atomic mass is 16.7. The molecule has 0 saturated carbocycles. The highest BCUT2D eigenvalue weighted by Gasteiger charge is 2.50. The van der Waals surface area contributed by atoms with Crippen LogP contribution in [0.1, 0.15) is 64.7 Å². The van der Waals surface area contributed by atoms with E-state index < -0.39 is 6.29 Å². The summed E-state index contributed by atoms with van der Waals surface area (Å²) in [5.74, 6) is 0.136. The molecule has 4 bridgehead atoms. The van der Waals surface area contributed by atoms with Gasteiger partial charge in [-0.2, -0.15) is 0 Å². The summed E-state index contributed by atoms with van der Waals surface area (Å²) in [6.45, 7) is 2.35. The van der Waals surface area contributed by atoms with Gasteiger partial charge in [0.2, 0.25) is 0 Å². The molecule has 0 aromatic rings. The van der Waals surface area contributed by atoms with Gasteiger partial charge in [0, 0.05) is 12.3 Å². The monoisotopic (exact) mass is 362 g/mol. The Bertz CT molecular complexity index is 565. The van der Waals surface area contributed by atoms with E-state index >= 15 is 0 Å². The minimum Gasteiger partial charge on any atom is -0.458 e. The molecule has 5 nitrogen and oxygen atoms in total. The van der Waals surface area contributed by atoms with E-state index in [1.807, 2.05) is 18.2 Å². The average molecular weight is 362 g/mol. The average Bonchev–Trinajstić information content (AvgIpc) is 2.98. The second-order valence-corrected chi connectivity index (χ2v) is 7.51. The number of allylic oxidation sites excluding steroid dienone is 1. The largest absolute Gasteiger partial charge is 0.458 e.